The van der Waals surface area contributed by atoms with Crippen LogP contribution in [0.4, 0.5) is 0 Å². The average Bonchev–Trinajstić information content (AvgIpc) is 2.98. The van der Waals surface area contributed by atoms with Crippen LogP contribution in [0.3, 0.4) is 0 Å². The van der Waals surface area contributed by atoms with Crippen molar-refractivity contribution in [2.24, 2.45) is 5.92 Å². The Labute approximate surface area is 105 Å². The number of aromatic amines is 1. The van der Waals surface area contributed by atoms with Gasteiger partial charge in [0, 0.05) is 32.5 Å². The largest absolute Gasteiger partial charge is 0.355 e. The molecule has 0 aliphatic carbocycles. The third kappa shape index (κ3) is 2.85. The molecule has 1 aliphatic rings. The predicted molar refractivity (Wildman–Crippen MR) is 63.5 cm³/mol. The maximum absolute atomic E-state index is 11.8. The molecule has 1 fully saturated rings. The Morgan fingerprint density at radius 2 is 2.50 bits per heavy atom. The van der Waals surface area contributed by atoms with Crippen molar-refractivity contribution in [2.75, 3.05) is 19.6 Å². The number of carbonyl (C=O) groups excluding carboxylic acids is 2. The molecule has 2 N–H and O–H groups in total. The quantitative estimate of drug-likeness (QED) is 0.726. The van der Waals surface area contributed by atoms with E-state index < -0.39 is 0 Å². The SMILES string of the molecule is CCN1CC(C(=O)NCCc2ncn[nH]2)CC1=O. The molecule has 1 unspecified atom stereocenters. The summed E-state index contributed by atoms with van der Waals surface area (Å²) >= 11 is 0. The highest BCUT2D eigenvalue weighted by Crippen LogP contribution is 2.17. The van der Waals surface area contributed by atoms with Crippen LogP contribution in [0.5, 0.6) is 0 Å². The lowest BCUT2D eigenvalue weighted by Crippen LogP contribution is -2.34. The van der Waals surface area contributed by atoms with Crippen molar-refractivity contribution in [1.29, 1.82) is 0 Å². The van der Waals surface area contributed by atoms with Gasteiger partial charge >= 0.3 is 0 Å². The molecular formula is C11H17N5O2. The first-order chi connectivity index (χ1) is 8.70. The molecule has 1 aliphatic heterocycles. The Kier molecular flexibility index (Phi) is 3.91. The van der Waals surface area contributed by atoms with Gasteiger partial charge in [0.15, 0.2) is 0 Å². The van der Waals surface area contributed by atoms with Gasteiger partial charge in [-0.15, -0.1) is 0 Å². The summed E-state index contributed by atoms with van der Waals surface area (Å²) in [6.07, 6.45) is 2.37. The molecule has 1 aromatic heterocycles. The second-order valence-corrected chi connectivity index (χ2v) is 4.31. The highest BCUT2D eigenvalue weighted by atomic mass is 16.2. The van der Waals surface area contributed by atoms with Crippen LogP contribution in [0.15, 0.2) is 6.33 Å². The van der Waals surface area contributed by atoms with Crippen LogP contribution in [0.1, 0.15) is 19.2 Å². The highest BCUT2D eigenvalue weighted by molar-refractivity contribution is 5.89. The van der Waals surface area contributed by atoms with E-state index in [1.54, 1.807) is 4.90 Å². The molecule has 2 amide bonds. The van der Waals surface area contributed by atoms with Crippen LogP contribution in [0, 0.1) is 5.92 Å². The lowest BCUT2D eigenvalue weighted by atomic mass is 10.1. The monoisotopic (exact) mass is 251 g/mol. The van der Waals surface area contributed by atoms with Gasteiger partial charge in [-0.05, 0) is 6.92 Å². The topological polar surface area (TPSA) is 91.0 Å². The van der Waals surface area contributed by atoms with Gasteiger partial charge in [0.1, 0.15) is 12.2 Å². The minimum Gasteiger partial charge on any atom is -0.355 e. The Morgan fingerprint density at radius 3 is 3.11 bits per heavy atom. The number of rotatable bonds is 5. The second-order valence-electron chi connectivity index (χ2n) is 4.31. The van der Waals surface area contributed by atoms with Gasteiger partial charge in [0.05, 0.1) is 5.92 Å². The molecule has 0 aromatic carbocycles. The van der Waals surface area contributed by atoms with E-state index in [2.05, 4.69) is 20.5 Å². The van der Waals surface area contributed by atoms with Gasteiger partial charge < -0.3 is 10.2 Å². The lowest BCUT2D eigenvalue weighted by molar-refractivity contribution is -0.128. The molecule has 0 radical (unpaired) electrons. The van der Waals surface area contributed by atoms with Gasteiger partial charge in [0.25, 0.3) is 0 Å². The molecule has 98 valence electrons. The Balaban J connectivity index is 1.74. The Hall–Kier alpha value is -1.92. The van der Waals surface area contributed by atoms with Crippen LogP contribution >= 0.6 is 0 Å². The van der Waals surface area contributed by atoms with Gasteiger partial charge in [-0.25, -0.2) is 4.98 Å². The Morgan fingerprint density at radius 1 is 1.67 bits per heavy atom. The predicted octanol–water partition coefficient (Wildman–Crippen LogP) is -0.668. The minimum atomic E-state index is -0.216. The summed E-state index contributed by atoms with van der Waals surface area (Å²) in [5.41, 5.74) is 0. The van der Waals surface area contributed by atoms with Crippen molar-refractivity contribution in [1.82, 2.24) is 25.4 Å². The van der Waals surface area contributed by atoms with E-state index in [0.717, 1.165) is 5.82 Å². The van der Waals surface area contributed by atoms with E-state index in [1.807, 2.05) is 6.92 Å². The van der Waals surface area contributed by atoms with E-state index in [0.29, 0.717) is 32.5 Å². The summed E-state index contributed by atoms with van der Waals surface area (Å²) in [4.78, 5) is 29.0. The van der Waals surface area contributed by atoms with E-state index >= 15 is 0 Å². The first-order valence-electron chi connectivity index (χ1n) is 6.10. The third-order valence-electron chi connectivity index (χ3n) is 3.09. The summed E-state index contributed by atoms with van der Waals surface area (Å²) < 4.78 is 0. The molecular weight excluding hydrogens is 234 g/mol. The molecule has 0 bridgehead atoms. The average molecular weight is 251 g/mol. The minimum absolute atomic E-state index is 0.0567. The Bertz CT molecular complexity index is 417. The highest BCUT2D eigenvalue weighted by Gasteiger charge is 2.32. The van der Waals surface area contributed by atoms with Crippen molar-refractivity contribution < 1.29 is 9.59 Å². The van der Waals surface area contributed by atoms with Crippen molar-refractivity contribution in [3.8, 4) is 0 Å². The zero-order valence-corrected chi connectivity index (χ0v) is 10.3. The number of nitrogens with one attached hydrogen (secondary N) is 2. The molecule has 2 rings (SSSR count). The summed E-state index contributed by atoms with van der Waals surface area (Å²) in [5, 5.41) is 9.28. The smallest absolute Gasteiger partial charge is 0.225 e. The van der Waals surface area contributed by atoms with E-state index in [9.17, 15) is 9.59 Å². The van der Waals surface area contributed by atoms with Crippen molar-refractivity contribution >= 4 is 11.8 Å². The number of hydrogen-bond donors (Lipinski definition) is 2. The van der Waals surface area contributed by atoms with E-state index in [-0.39, 0.29) is 17.7 Å². The number of aromatic nitrogens is 3. The van der Waals surface area contributed by atoms with E-state index in [4.69, 9.17) is 0 Å². The summed E-state index contributed by atoms with van der Waals surface area (Å²) in [7, 11) is 0. The maximum atomic E-state index is 11.8. The zero-order valence-electron chi connectivity index (χ0n) is 10.3. The number of nitrogens with zero attached hydrogens (tertiary/aromatic N) is 3. The van der Waals surface area contributed by atoms with Crippen molar-refractivity contribution in [3.05, 3.63) is 12.2 Å². The first kappa shape index (κ1) is 12.5. The zero-order chi connectivity index (χ0) is 13.0. The summed E-state index contributed by atoms with van der Waals surface area (Å²) in [5.74, 6) is 0.534. The summed E-state index contributed by atoms with van der Waals surface area (Å²) in [6.45, 7) is 3.62. The van der Waals surface area contributed by atoms with E-state index in [1.165, 1.54) is 6.33 Å². The number of amides is 2. The molecule has 7 nitrogen and oxygen atoms in total. The molecule has 2 heterocycles. The second kappa shape index (κ2) is 5.61. The molecule has 0 spiro atoms. The van der Waals surface area contributed by atoms with Crippen LogP contribution in [0.2, 0.25) is 0 Å². The van der Waals surface area contributed by atoms with Gasteiger partial charge in [-0.1, -0.05) is 0 Å². The van der Waals surface area contributed by atoms with Crippen LogP contribution in [0.25, 0.3) is 0 Å². The maximum Gasteiger partial charge on any atom is 0.225 e. The van der Waals surface area contributed by atoms with Gasteiger partial charge in [-0.3, -0.25) is 14.7 Å². The molecule has 1 aromatic rings. The normalized spacial score (nSPS) is 19.3. The number of H-pyrrole nitrogens is 1. The molecule has 18 heavy (non-hydrogen) atoms. The summed E-state index contributed by atoms with van der Waals surface area (Å²) in [6, 6.07) is 0. The fourth-order valence-corrected chi connectivity index (χ4v) is 2.05. The molecule has 7 heteroatoms. The standard InChI is InChI=1S/C11H17N5O2/c1-2-16-6-8(5-10(16)17)11(18)12-4-3-9-13-7-14-15-9/h7-8H,2-6H2,1H3,(H,12,18)(H,13,14,15). The van der Waals surface area contributed by atoms with Crippen molar-refractivity contribution in [2.45, 2.75) is 19.8 Å². The fourth-order valence-electron chi connectivity index (χ4n) is 2.05. The first-order valence-corrected chi connectivity index (χ1v) is 6.10. The van der Waals surface area contributed by atoms with Crippen molar-refractivity contribution in [3.63, 3.8) is 0 Å². The molecule has 0 saturated carbocycles. The molecule has 1 atom stereocenters. The van der Waals surface area contributed by atoms with Gasteiger partial charge in [0.2, 0.25) is 11.8 Å². The lowest BCUT2D eigenvalue weighted by Gasteiger charge is -2.13. The fraction of sp³-hybridized carbons (Fsp3) is 0.636. The number of hydrogen-bond acceptors (Lipinski definition) is 4. The van der Waals surface area contributed by atoms with Crippen LogP contribution < -0.4 is 5.32 Å². The van der Waals surface area contributed by atoms with Gasteiger partial charge in [-0.2, -0.15) is 5.10 Å². The number of likely N-dealkylation sites (tertiary alicyclic amines) is 1. The molecule has 1 saturated heterocycles. The van der Waals surface area contributed by atoms with Crippen LogP contribution in [-0.4, -0.2) is 51.5 Å². The number of carbonyl (C=O) groups is 2. The third-order valence-corrected chi connectivity index (χ3v) is 3.09. The van der Waals surface area contributed by atoms with Crippen LogP contribution in [-0.2, 0) is 16.0 Å².